The molecule has 1 aliphatic rings. The van der Waals surface area contributed by atoms with E-state index in [-0.39, 0.29) is 11.8 Å². The average molecular weight is 277 g/mol. The minimum atomic E-state index is -0.152. The summed E-state index contributed by atoms with van der Waals surface area (Å²) < 4.78 is 0. The van der Waals surface area contributed by atoms with E-state index in [0.717, 1.165) is 16.8 Å². The van der Waals surface area contributed by atoms with Crippen LogP contribution in [0.2, 0.25) is 0 Å². The van der Waals surface area contributed by atoms with Gasteiger partial charge in [0.1, 0.15) is 0 Å². The number of nitriles is 1. The third kappa shape index (κ3) is 2.72. The third-order valence-electron chi connectivity index (χ3n) is 3.67. The molecule has 0 spiro atoms. The van der Waals surface area contributed by atoms with Crippen molar-refractivity contribution in [3.63, 3.8) is 0 Å². The Morgan fingerprint density at radius 3 is 3.00 bits per heavy atom. The molecule has 4 nitrogen and oxygen atoms in total. The standard InChI is InChI=1S/C17H15N3O/c18-9-12-4-3-5-13(8-12)10-20-17(21)15-11-19-16-7-2-1-6-14(15)16/h1-8,15,19H,10-11H2,(H,20,21). The lowest BCUT2D eigenvalue weighted by Gasteiger charge is -2.11. The Kier molecular flexibility index (Phi) is 3.57. The van der Waals surface area contributed by atoms with Crippen molar-refractivity contribution in [2.45, 2.75) is 12.5 Å². The molecule has 0 bridgehead atoms. The SMILES string of the molecule is N#Cc1cccc(CNC(=O)C2CNc3ccccc32)c1. The predicted octanol–water partition coefficient (Wildman–Crippen LogP) is 2.38. The zero-order valence-electron chi connectivity index (χ0n) is 11.5. The summed E-state index contributed by atoms with van der Waals surface area (Å²) in [6.07, 6.45) is 0. The second-order valence-electron chi connectivity index (χ2n) is 5.05. The first-order valence-electron chi connectivity index (χ1n) is 6.87. The maximum atomic E-state index is 12.3. The molecule has 0 fully saturated rings. The Labute approximate surface area is 123 Å². The zero-order chi connectivity index (χ0) is 14.7. The molecular weight excluding hydrogens is 262 g/mol. The lowest BCUT2D eigenvalue weighted by atomic mass is 10.0. The lowest BCUT2D eigenvalue weighted by molar-refractivity contribution is -0.122. The number of nitrogens with one attached hydrogen (secondary N) is 2. The van der Waals surface area contributed by atoms with Gasteiger partial charge in [0.2, 0.25) is 5.91 Å². The van der Waals surface area contributed by atoms with E-state index < -0.39 is 0 Å². The van der Waals surface area contributed by atoms with E-state index in [9.17, 15) is 4.79 Å². The Bertz CT molecular complexity index is 718. The largest absolute Gasteiger partial charge is 0.384 e. The number of nitrogens with zero attached hydrogens (tertiary/aromatic N) is 1. The average Bonchev–Trinajstić information content (AvgIpc) is 2.97. The second-order valence-corrected chi connectivity index (χ2v) is 5.05. The molecule has 0 aromatic heterocycles. The molecule has 2 N–H and O–H groups in total. The summed E-state index contributed by atoms with van der Waals surface area (Å²) in [5.74, 6) is -0.143. The molecule has 0 saturated carbocycles. The summed E-state index contributed by atoms with van der Waals surface area (Å²) in [5.41, 5.74) is 3.61. The minimum Gasteiger partial charge on any atom is -0.384 e. The Morgan fingerprint density at radius 2 is 2.14 bits per heavy atom. The number of fused-ring (bicyclic) bond motifs is 1. The molecule has 1 amide bonds. The van der Waals surface area contributed by atoms with Crippen molar-refractivity contribution in [2.75, 3.05) is 11.9 Å². The quantitative estimate of drug-likeness (QED) is 0.905. The molecule has 0 saturated heterocycles. The lowest BCUT2D eigenvalue weighted by Crippen LogP contribution is -2.29. The Morgan fingerprint density at radius 1 is 1.29 bits per heavy atom. The number of amides is 1. The first-order valence-corrected chi connectivity index (χ1v) is 6.87. The van der Waals surface area contributed by atoms with Gasteiger partial charge in [0, 0.05) is 18.8 Å². The first kappa shape index (κ1) is 13.2. The van der Waals surface area contributed by atoms with E-state index in [2.05, 4.69) is 16.7 Å². The van der Waals surface area contributed by atoms with Crippen LogP contribution in [-0.4, -0.2) is 12.5 Å². The van der Waals surface area contributed by atoms with E-state index in [1.807, 2.05) is 36.4 Å². The van der Waals surface area contributed by atoms with Crippen molar-refractivity contribution in [3.05, 3.63) is 65.2 Å². The van der Waals surface area contributed by atoms with E-state index in [1.165, 1.54) is 0 Å². The van der Waals surface area contributed by atoms with Crippen LogP contribution in [0.1, 0.15) is 22.6 Å². The molecule has 0 radical (unpaired) electrons. The smallest absolute Gasteiger partial charge is 0.229 e. The number of para-hydroxylation sites is 1. The van der Waals surface area contributed by atoms with Gasteiger partial charge in [-0.2, -0.15) is 5.26 Å². The van der Waals surface area contributed by atoms with Gasteiger partial charge in [-0.1, -0.05) is 30.3 Å². The van der Waals surface area contributed by atoms with Gasteiger partial charge in [0.05, 0.1) is 17.6 Å². The Hall–Kier alpha value is -2.80. The minimum absolute atomic E-state index is 0.00908. The number of hydrogen-bond donors (Lipinski definition) is 2. The summed E-state index contributed by atoms with van der Waals surface area (Å²) in [4.78, 5) is 12.3. The third-order valence-corrected chi connectivity index (χ3v) is 3.67. The van der Waals surface area contributed by atoms with Gasteiger partial charge < -0.3 is 10.6 Å². The Balaban J connectivity index is 1.67. The number of anilines is 1. The summed E-state index contributed by atoms with van der Waals surface area (Å²) in [5, 5.41) is 15.1. The van der Waals surface area contributed by atoms with E-state index in [0.29, 0.717) is 18.7 Å². The van der Waals surface area contributed by atoms with Gasteiger partial charge in [0.15, 0.2) is 0 Å². The molecule has 2 aromatic carbocycles. The fraction of sp³-hybridized carbons (Fsp3) is 0.176. The van der Waals surface area contributed by atoms with Crippen LogP contribution in [-0.2, 0) is 11.3 Å². The van der Waals surface area contributed by atoms with Crippen LogP contribution < -0.4 is 10.6 Å². The highest BCUT2D eigenvalue weighted by Crippen LogP contribution is 2.30. The summed E-state index contributed by atoms with van der Waals surface area (Å²) >= 11 is 0. The van der Waals surface area contributed by atoms with Crippen LogP contribution in [0.25, 0.3) is 0 Å². The van der Waals surface area contributed by atoms with Crippen molar-refractivity contribution >= 4 is 11.6 Å². The molecular formula is C17H15N3O. The molecule has 21 heavy (non-hydrogen) atoms. The van der Waals surface area contributed by atoms with Crippen molar-refractivity contribution < 1.29 is 4.79 Å². The van der Waals surface area contributed by atoms with Gasteiger partial charge in [-0.25, -0.2) is 0 Å². The summed E-state index contributed by atoms with van der Waals surface area (Å²) in [6.45, 7) is 1.07. The van der Waals surface area contributed by atoms with Crippen LogP contribution in [0, 0.1) is 11.3 Å². The number of hydrogen-bond acceptors (Lipinski definition) is 3. The maximum Gasteiger partial charge on any atom is 0.229 e. The molecule has 3 rings (SSSR count). The van der Waals surface area contributed by atoms with E-state index >= 15 is 0 Å². The number of rotatable bonds is 3. The molecule has 1 unspecified atom stereocenters. The predicted molar refractivity (Wildman–Crippen MR) is 80.7 cm³/mol. The van der Waals surface area contributed by atoms with Crippen molar-refractivity contribution in [2.24, 2.45) is 0 Å². The fourth-order valence-corrected chi connectivity index (χ4v) is 2.58. The molecule has 1 atom stereocenters. The van der Waals surface area contributed by atoms with Crippen LogP contribution in [0.5, 0.6) is 0 Å². The van der Waals surface area contributed by atoms with Crippen LogP contribution in [0.3, 0.4) is 0 Å². The fourth-order valence-electron chi connectivity index (χ4n) is 2.58. The maximum absolute atomic E-state index is 12.3. The highest BCUT2D eigenvalue weighted by molar-refractivity contribution is 5.88. The van der Waals surface area contributed by atoms with Gasteiger partial charge in [-0.05, 0) is 29.3 Å². The topological polar surface area (TPSA) is 64.9 Å². The highest BCUT2D eigenvalue weighted by Gasteiger charge is 2.27. The molecule has 1 heterocycles. The normalized spacial score (nSPS) is 15.7. The van der Waals surface area contributed by atoms with Crippen molar-refractivity contribution in [3.8, 4) is 6.07 Å². The summed E-state index contributed by atoms with van der Waals surface area (Å²) in [7, 11) is 0. The zero-order valence-corrected chi connectivity index (χ0v) is 11.5. The number of carbonyl (C=O) groups excluding carboxylic acids is 1. The molecule has 4 heteroatoms. The molecule has 0 aliphatic carbocycles. The monoisotopic (exact) mass is 277 g/mol. The highest BCUT2D eigenvalue weighted by atomic mass is 16.1. The van der Waals surface area contributed by atoms with Gasteiger partial charge in [-0.15, -0.1) is 0 Å². The van der Waals surface area contributed by atoms with Crippen LogP contribution in [0.4, 0.5) is 5.69 Å². The summed E-state index contributed by atoms with van der Waals surface area (Å²) in [6, 6.07) is 17.2. The molecule has 1 aliphatic heterocycles. The number of benzene rings is 2. The molecule has 2 aromatic rings. The first-order chi connectivity index (χ1) is 10.3. The second kappa shape index (κ2) is 5.68. The van der Waals surface area contributed by atoms with Gasteiger partial charge in [0.25, 0.3) is 0 Å². The van der Waals surface area contributed by atoms with E-state index in [4.69, 9.17) is 5.26 Å². The molecule has 104 valence electrons. The van der Waals surface area contributed by atoms with Gasteiger partial charge >= 0.3 is 0 Å². The van der Waals surface area contributed by atoms with E-state index in [1.54, 1.807) is 12.1 Å². The number of carbonyl (C=O) groups is 1. The van der Waals surface area contributed by atoms with Crippen LogP contribution >= 0.6 is 0 Å². The van der Waals surface area contributed by atoms with Gasteiger partial charge in [-0.3, -0.25) is 4.79 Å². The van der Waals surface area contributed by atoms with Crippen LogP contribution in [0.15, 0.2) is 48.5 Å². The van der Waals surface area contributed by atoms with Crippen molar-refractivity contribution in [1.82, 2.24) is 5.32 Å². The van der Waals surface area contributed by atoms with Crippen molar-refractivity contribution in [1.29, 1.82) is 5.26 Å².